The van der Waals surface area contributed by atoms with E-state index >= 15 is 0 Å². The Morgan fingerprint density at radius 3 is 2.91 bits per heavy atom. The summed E-state index contributed by atoms with van der Waals surface area (Å²) in [4.78, 5) is 4.22. The first-order chi connectivity index (χ1) is 10.8. The van der Waals surface area contributed by atoms with E-state index in [1.807, 2.05) is 18.2 Å². The van der Waals surface area contributed by atoms with Gasteiger partial charge in [0.05, 0.1) is 26.0 Å². The molecule has 1 aromatic carbocycles. The molecule has 0 spiro atoms. The minimum Gasteiger partial charge on any atom is -0.493 e. The van der Waals surface area contributed by atoms with Crippen LogP contribution in [0, 0.1) is 0 Å². The van der Waals surface area contributed by atoms with Gasteiger partial charge in [0, 0.05) is 6.54 Å². The Balaban J connectivity index is 1.67. The molecule has 2 N–H and O–H groups in total. The van der Waals surface area contributed by atoms with Gasteiger partial charge >= 0.3 is 0 Å². The normalized spacial score (nSPS) is 18.3. The summed E-state index contributed by atoms with van der Waals surface area (Å²) in [5.41, 5.74) is 3.85. The zero-order valence-electron chi connectivity index (χ0n) is 12.8. The third kappa shape index (κ3) is 3.69. The average Bonchev–Trinajstić information content (AvgIpc) is 3.21. The van der Waals surface area contributed by atoms with Crippen LogP contribution in [-0.4, -0.2) is 38.5 Å². The lowest BCUT2D eigenvalue weighted by Gasteiger charge is -2.16. The minimum absolute atomic E-state index is 0.302. The molecule has 6 nitrogen and oxygen atoms in total. The lowest BCUT2D eigenvalue weighted by atomic mass is 10.2. The number of aliphatic imine (C=N–C) groups is 1. The molecular weight excluding hydrogens is 280 g/mol. The van der Waals surface area contributed by atoms with Gasteiger partial charge in [-0.3, -0.25) is 0 Å². The van der Waals surface area contributed by atoms with Gasteiger partial charge < -0.3 is 14.8 Å². The van der Waals surface area contributed by atoms with Crippen LogP contribution in [0.15, 0.2) is 28.3 Å². The highest BCUT2D eigenvalue weighted by atomic mass is 16.5. The summed E-state index contributed by atoms with van der Waals surface area (Å²) in [5, 5.41) is 7.29. The number of rotatable bonds is 5. The van der Waals surface area contributed by atoms with Crippen molar-refractivity contribution in [2.75, 3.05) is 20.2 Å². The van der Waals surface area contributed by atoms with Crippen molar-refractivity contribution in [3.63, 3.8) is 0 Å². The number of ether oxygens (including phenoxy) is 2. The second-order valence-corrected chi connectivity index (χ2v) is 5.46. The molecule has 0 saturated heterocycles. The fraction of sp³-hybridized carbons (Fsp3) is 0.500. The molecule has 1 aliphatic heterocycles. The molecule has 1 saturated carbocycles. The Bertz CT molecular complexity index is 565. The zero-order valence-corrected chi connectivity index (χ0v) is 12.8. The maximum atomic E-state index is 6.07. The van der Waals surface area contributed by atoms with Crippen LogP contribution < -0.4 is 20.2 Å². The van der Waals surface area contributed by atoms with E-state index in [0.29, 0.717) is 12.1 Å². The Kier molecular flexibility index (Phi) is 4.78. The predicted octanol–water partition coefficient (Wildman–Crippen LogP) is 1.90. The summed E-state index contributed by atoms with van der Waals surface area (Å²) in [5.74, 6) is 2.26. The Hall–Kier alpha value is -2.24. The lowest BCUT2D eigenvalue weighted by molar-refractivity contribution is 0.201. The molecule has 0 atom stereocenters. The van der Waals surface area contributed by atoms with Crippen LogP contribution in [0.3, 0.4) is 0 Å². The maximum Gasteiger partial charge on any atom is 0.212 e. The van der Waals surface area contributed by atoms with Gasteiger partial charge in [-0.25, -0.2) is 10.4 Å². The first-order valence-electron chi connectivity index (χ1n) is 7.77. The van der Waals surface area contributed by atoms with Gasteiger partial charge in [-0.05, 0) is 49.4 Å². The summed E-state index contributed by atoms with van der Waals surface area (Å²) in [6.45, 7) is 1.65. The highest BCUT2D eigenvalue weighted by molar-refractivity contribution is 5.85. The number of hydrogen-bond donors (Lipinski definition) is 2. The molecule has 2 aliphatic rings. The number of hydrazone groups is 1. The molecule has 0 unspecified atom stereocenters. The molecule has 22 heavy (non-hydrogen) atoms. The van der Waals surface area contributed by atoms with Gasteiger partial charge in [0.25, 0.3) is 0 Å². The van der Waals surface area contributed by atoms with Crippen molar-refractivity contribution < 1.29 is 9.47 Å². The number of nitrogens with zero attached hydrogens (tertiary/aromatic N) is 2. The number of methoxy groups -OCH3 is 1. The van der Waals surface area contributed by atoms with E-state index < -0.39 is 0 Å². The largest absolute Gasteiger partial charge is 0.493 e. The third-order valence-corrected chi connectivity index (χ3v) is 3.84. The van der Waals surface area contributed by atoms with Gasteiger partial charge in [0.1, 0.15) is 0 Å². The smallest absolute Gasteiger partial charge is 0.212 e. The van der Waals surface area contributed by atoms with Gasteiger partial charge in [-0.2, -0.15) is 5.10 Å². The molecular formula is C16H22N4O2. The first-order valence-corrected chi connectivity index (χ1v) is 7.77. The van der Waals surface area contributed by atoms with E-state index in [1.165, 1.54) is 12.8 Å². The van der Waals surface area contributed by atoms with E-state index in [1.54, 1.807) is 13.3 Å². The topological polar surface area (TPSA) is 67.2 Å². The van der Waals surface area contributed by atoms with Crippen LogP contribution in [0.25, 0.3) is 0 Å². The first kappa shape index (κ1) is 14.7. The quantitative estimate of drug-likeness (QED) is 0.644. The van der Waals surface area contributed by atoms with Crippen LogP contribution in [0.1, 0.15) is 31.2 Å². The maximum absolute atomic E-state index is 6.07. The summed E-state index contributed by atoms with van der Waals surface area (Å²) >= 11 is 0. The van der Waals surface area contributed by atoms with Crippen molar-refractivity contribution in [3.8, 4) is 11.5 Å². The average molecular weight is 302 g/mol. The highest BCUT2D eigenvalue weighted by Gasteiger charge is 2.18. The molecule has 6 heteroatoms. The van der Waals surface area contributed by atoms with Crippen LogP contribution in [-0.2, 0) is 0 Å². The van der Waals surface area contributed by atoms with E-state index in [0.717, 1.165) is 43.0 Å². The molecule has 1 aromatic rings. The number of benzene rings is 1. The van der Waals surface area contributed by atoms with Crippen molar-refractivity contribution >= 4 is 12.2 Å². The standard InChI is InChI=1S/C16H22N4O2/c1-21-14-7-6-12(11-19-20-16-17-8-9-18-16)10-15(14)22-13-4-2-3-5-13/h6-7,10-11,13H,2-5,8-9H2,1H3,(H2,17,18,20)/b19-11+. The minimum atomic E-state index is 0.302. The molecule has 1 heterocycles. The SMILES string of the molecule is COc1ccc(/C=N/NC2=NCCN2)cc1OC1CCCC1. The van der Waals surface area contributed by atoms with E-state index in [2.05, 4.69) is 20.8 Å². The fourth-order valence-corrected chi connectivity index (χ4v) is 2.69. The second-order valence-electron chi connectivity index (χ2n) is 5.46. The van der Waals surface area contributed by atoms with Crippen LogP contribution in [0.4, 0.5) is 0 Å². The molecule has 1 fully saturated rings. The number of guanidine groups is 1. The van der Waals surface area contributed by atoms with Gasteiger partial charge in [-0.15, -0.1) is 0 Å². The van der Waals surface area contributed by atoms with Gasteiger partial charge in [0.2, 0.25) is 5.96 Å². The summed E-state index contributed by atoms with van der Waals surface area (Å²) in [7, 11) is 1.66. The monoisotopic (exact) mass is 302 g/mol. The fourth-order valence-electron chi connectivity index (χ4n) is 2.69. The summed E-state index contributed by atoms with van der Waals surface area (Å²) in [6.07, 6.45) is 6.78. The summed E-state index contributed by atoms with van der Waals surface area (Å²) in [6, 6.07) is 5.83. The van der Waals surface area contributed by atoms with E-state index in [-0.39, 0.29) is 0 Å². The Morgan fingerprint density at radius 2 is 2.18 bits per heavy atom. The molecule has 0 radical (unpaired) electrons. The van der Waals surface area contributed by atoms with Crippen molar-refractivity contribution in [2.24, 2.45) is 10.1 Å². The van der Waals surface area contributed by atoms with Crippen molar-refractivity contribution in [2.45, 2.75) is 31.8 Å². The molecule has 1 aliphatic carbocycles. The Morgan fingerprint density at radius 1 is 1.32 bits per heavy atom. The van der Waals surface area contributed by atoms with E-state index in [4.69, 9.17) is 9.47 Å². The van der Waals surface area contributed by atoms with E-state index in [9.17, 15) is 0 Å². The van der Waals surface area contributed by atoms with Crippen molar-refractivity contribution in [1.29, 1.82) is 0 Å². The zero-order chi connectivity index (χ0) is 15.2. The molecule has 0 amide bonds. The lowest BCUT2D eigenvalue weighted by Crippen LogP contribution is -2.30. The Labute approximate surface area is 130 Å². The predicted molar refractivity (Wildman–Crippen MR) is 86.9 cm³/mol. The number of nitrogens with one attached hydrogen (secondary N) is 2. The molecule has 0 bridgehead atoms. The van der Waals surface area contributed by atoms with Gasteiger partial charge in [-0.1, -0.05) is 0 Å². The van der Waals surface area contributed by atoms with Crippen molar-refractivity contribution in [1.82, 2.24) is 10.7 Å². The summed E-state index contributed by atoms with van der Waals surface area (Å²) < 4.78 is 11.5. The van der Waals surface area contributed by atoms with Crippen LogP contribution >= 0.6 is 0 Å². The van der Waals surface area contributed by atoms with Crippen molar-refractivity contribution in [3.05, 3.63) is 23.8 Å². The highest BCUT2D eigenvalue weighted by Crippen LogP contribution is 2.32. The van der Waals surface area contributed by atoms with Crippen LogP contribution in [0.5, 0.6) is 11.5 Å². The third-order valence-electron chi connectivity index (χ3n) is 3.84. The number of hydrogen-bond acceptors (Lipinski definition) is 6. The van der Waals surface area contributed by atoms with Gasteiger partial charge in [0.15, 0.2) is 11.5 Å². The van der Waals surface area contributed by atoms with Crippen LogP contribution in [0.2, 0.25) is 0 Å². The molecule has 3 rings (SSSR count). The molecule has 118 valence electrons. The molecule has 0 aromatic heterocycles. The second kappa shape index (κ2) is 7.15.